The number of anilines is 1. The van der Waals surface area contributed by atoms with E-state index in [2.05, 4.69) is 34.7 Å². The molecular formula is C28H38F3N5O2S. The quantitative estimate of drug-likeness (QED) is 0.276. The van der Waals surface area contributed by atoms with Gasteiger partial charge in [0.2, 0.25) is 0 Å². The molecule has 0 radical (unpaired) electrons. The van der Waals surface area contributed by atoms with Crippen molar-refractivity contribution < 1.29 is 22.7 Å². The summed E-state index contributed by atoms with van der Waals surface area (Å²) in [5, 5.41) is 4.55. The van der Waals surface area contributed by atoms with Crippen LogP contribution in [0.4, 0.5) is 18.9 Å². The van der Waals surface area contributed by atoms with E-state index in [1.54, 1.807) is 17.1 Å². The molecular weight excluding hydrogens is 527 g/mol. The second-order valence-corrected chi connectivity index (χ2v) is 21.3. The van der Waals surface area contributed by atoms with Gasteiger partial charge in [0.15, 0.2) is 0 Å². The maximum Gasteiger partial charge on any atom is 0.416 e. The predicted octanol–water partition coefficient (Wildman–Crippen LogP) is 5.82. The van der Waals surface area contributed by atoms with Gasteiger partial charge >= 0.3 is 6.18 Å². The third kappa shape index (κ3) is 5.75. The highest BCUT2D eigenvalue weighted by Gasteiger charge is 2.36. The zero-order valence-electron chi connectivity index (χ0n) is 23.2. The number of carbonyl (C=O) groups excluding carboxylic acids is 1. The Kier molecular flexibility index (Phi) is 6.90. The first-order chi connectivity index (χ1) is 18.2. The van der Waals surface area contributed by atoms with Crippen molar-refractivity contribution in [2.45, 2.75) is 51.1 Å². The van der Waals surface area contributed by atoms with Crippen LogP contribution in [0.5, 0.6) is 0 Å². The Labute approximate surface area is 227 Å². The van der Waals surface area contributed by atoms with Gasteiger partial charge in [-0.25, -0.2) is 4.98 Å². The normalized spacial score (nSPS) is 19.5. The molecule has 1 saturated carbocycles. The van der Waals surface area contributed by atoms with Crippen LogP contribution >= 0.6 is 9.16 Å². The zero-order chi connectivity index (χ0) is 28.2. The van der Waals surface area contributed by atoms with E-state index in [9.17, 15) is 18.0 Å². The summed E-state index contributed by atoms with van der Waals surface area (Å²) in [6.45, 7) is 3.23. The topological polar surface area (TPSA) is 65.2 Å². The number of aromatic nitrogens is 4. The number of carbonyl (C=O) groups is 1. The molecule has 7 nitrogen and oxygen atoms in total. The van der Waals surface area contributed by atoms with Crippen LogP contribution in [0, 0.1) is 0 Å². The van der Waals surface area contributed by atoms with Gasteiger partial charge in [0.1, 0.15) is 18.2 Å². The van der Waals surface area contributed by atoms with Crippen molar-refractivity contribution in [3.8, 4) is 11.3 Å². The van der Waals surface area contributed by atoms with Crippen molar-refractivity contribution in [1.29, 1.82) is 0 Å². The number of imidazole rings is 1. The fourth-order valence-electron chi connectivity index (χ4n) is 5.02. The molecule has 0 bridgehead atoms. The Bertz CT molecular complexity index is 1360. The number of hydrogen-bond donors (Lipinski definition) is 1. The van der Waals surface area contributed by atoms with Crippen LogP contribution < -0.4 is 4.90 Å². The lowest BCUT2D eigenvalue weighted by atomic mass is 9.85. The van der Waals surface area contributed by atoms with Crippen LogP contribution in [0.15, 0.2) is 36.7 Å². The van der Waals surface area contributed by atoms with Gasteiger partial charge in [-0.1, -0.05) is 6.42 Å². The number of alkyl halides is 3. The van der Waals surface area contributed by atoms with Gasteiger partial charge in [-0.2, -0.15) is 18.3 Å². The van der Waals surface area contributed by atoms with Gasteiger partial charge in [-0.15, -0.1) is 0 Å². The van der Waals surface area contributed by atoms with E-state index >= 15 is 0 Å². The summed E-state index contributed by atoms with van der Waals surface area (Å²) in [4.78, 5) is 20.1. The fraction of sp³-hybridized carbons (Fsp3) is 0.536. The summed E-state index contributed by atoms with van der Waals surface area (Å²) >= 11 is 0. The number of rotatable bonds is 8. The number of nitrogens with zero attached hydrogens (tertiary/aromatic N) is 5. The van der Waals surface area contributed by atoms with E-state index in [1.165, 1.54) is 23.5 Å². The highest BCUT2D eigenvalue weighted by Crippen LogP contribution is 2.54. The van der Waals surface area contributed by atoms with Crippen LogP contribution in [-0.2, 0) is 17.6 Å². The molecule has 1 amide bonds. The van der Waals surface area contributed by atoms with Gasteiger partial charge in [-0.05, 0) is 74.8 Å². The van der Waals surface area contributed by atoms with Gasteiger partial charge in [0.05, 0.1) is 41.9 Å². The fourth-order valence-corrected chi connectivity index (χ4v) is 5.88. The van der Waals surface area contributed by atoms with E-state index in [1.807, 2.05) is 6.92 Å². The molecule has 1 fully saturated rings. The third-order valence-electron chi connectivity index (χ3n) is 7.60. The molecule has 214 valence electrons. The first kappa shape index (κ1) is 27.8. The number of amides is 1. The maximum atomic E-state index is 13.8. The molecule has 0 saturated heterocycles. The molecule has 39 heavy (non-hydrogen) atoms. The highest BCUT2D eigenvalue weighted by atomic mass is 32.3. The summed E-state index contributed by atoms with van der Waals surface area (Å²) in [7, 11) is -1.71. The molecule has 1 aromatic carbocycles. The van der Waals surface area contributed by atoms with Gasteiger partial charge in [0, 0.05) is 18.2 Å². The lowest BCUT2D eigenvalue weighted by molar-refractivity contribution is -0.137. The van der Waals surface area contributed by atoms with E-state index in [4.69, 9.17) is 9.72 Å². The van der Waals surface area contributed by atoms with E-state index < -0.39 is 20.9 Å². The van der Waals surface area contributed by atoms with E-state index in [0.717, 1.165) is 42.2 Å². The Hall–Kier alpha value is -2.79. The van der Waals surface area contributed by atoms with Crippen LogP contribution in [0.25, 0.3) is 11.3 Å². The zero-order valence-corrected chi connectivity index (χ0v) is 24.1. The maximum absolute atomic E-state index is 13.8. The minimum atomic E-state index is -4.44. The molecule has 0 N–H and O–H groups in total. The molecule has 5 rings (SSSR count). The first-order valence-corrected chi connectivity index (χ1v) is 17.6. The average molecular weight is 566 g/mol. The summed E-state index contributed by atoms with van der Waals surface area (Å²) in [6.07, 6.45) is 11.7. The van der Waals surface area contributed by atoms with E-state index in [0.29, 0.717) is 42.7 Å². The molecule has 2 aliphatic rings. The minimum Gasteiger partial charge on any atom is -0.360 e. The predicted molar refractivity (Wildman–Crippen MR) is 151 cm³/mol. The standard InChI is InChI=1S/C28H38F3N5O2S/c1-19-17-34(22-11-9-21(10-12-22)28(29,30)31)27(37)25-23(15-33-36(19)25)24-16-32-26(20-7-6-8-20)35(24)18-38-13-14-39(2,3,4)5/h9-12,15-16,19-20,39H,6-8,13-14,17-18H2,1-5H3. The average Bonchev–Trinajstić information content (AvgIpc) is 3.41. The molecule has 1 unspecified atom stereocenters. The van der Waals surface area contributed by atoms with Crippen molar-refractivity contribution in [3.63, 3.8) is 0 Å². The van der Waals surface area contributed by atoms with Crippen LogP contribution in [0.3, 0.4) is 0 Å². The first-order valence-electron chi connectivity index (χ1n) is 13.4. The number of fused-ring (bicyclic) bond motifs is 1. The van der Waals surface area contributed by atoms with Crippen molar-refractivity contribution in [3.05, 3.63) is 53.7 Å². The van der Waals surface area contributed by atoms with Crippen molar-refractivity contribution in [2.75, 3.05) is 48.8 Å². The smallest absolute Gasteiger partial charge is 0.360 e. The lowest BCUT2D eigenvalue weighted by Crippen LogP contribution is -2.42. The molecule has 1 atom stereocenters. The van der Waals surface area contributed by atoms with Crippen molar-refractivity contribution >= 4 is 20.8 Å². The van der Waals surface area contributed by atoms with Gasteiger partial charge in [0.25, 0.3) is 5.91 Å². The van der Waals surface area contributed by atoms with Gasteiger partial charge < -0.3 is 14.2 Å². The number of hydrogen-bond acceptors (Lipinski definition) is 4. The molecule has 3 heterocycles. The Morgan fingerprint density at radius 1 is 1.08 bits per heavy atom. The Balaban J connectivity index is 1.47. The summed E-state index contributed by atoms with van der Waals surface area (Å²) in [5.41, 5.74) is 1.51. The molecule has 2 aromatic heterocycles. The summed E-state index contributed by atoms with van der Waals surface area (Å²) < 4.78 is 49.3. The second-order valence-electron chi connectivity index (χ2n) is 12.9. The Morgan fingerprint density at radius 2 is 1.77 bits per heavy atom. The SMILES string of the molecule is CC1CN(c2ccc(C(F)(F)F)cc2)C(=O)c2c(-c3cnc(C4CCC4)n3COCC[SH](C)(C)(C)C)cnn21. The number of halogens is 3. The third-order valence-corrected chi connectivity index (χ3v) is 9.57. The summed E-state index contributed by atoms with van der Waals surface area (Å²) in [6, 6.07) is 4.57. The van der Waals surface area contributed by atoms with Crippen LogP contribution in [-0.4, -0.2) is 69.2 Å². The molecule has 1 aliphatic carbocycles. The van der Waals surface area contributed by atoms with Crippen molar-refractivity contribution in [2.24, 2.45) is 0 Å². The van der Waals surface area contributed by atoms with Crippen LogP contribution in [0.1, 0.15) is 60.0 Å². The largest absolute Gasteiger partial charge is 0.416 e. The minimum absolute atomic E-state index is 0.162. The van der Waals surface area contributed by atoms with E-state index in [-0.39, 0.29) is 11.9 Å². The van der Waals surface area contributed by atoms with Crippen molar-refractivity contribution in [1.82, 2.24) is 19.3 Å². The lowest BCUT2D eigenvalue weighted by Gasteiger charge is -2.46. The monoisotopic (exact) mass is 565 g/mol. The molecule has 3 aromatic rings. The summed E-state index contributed by atoms with van der Waals surface area (Å²) in [5.74, 6) is 2.03. The van der Waals surface area contributed by atoms with Gasteiger partial charge in [-0.3, -0.25) is 18.6 Å². The second kappa shape index (κ2) is 9.69. The molecule has 0 spiro atoms. The molecule has 11 heteroatoms. The highest BCUT2D eigenvalue weighted by molar-refractivity contribution is 8.47. The number of ether oxygens (including phenoxy) is 1. The molecule has 1 aliphatic heterocycles. The van der Waals surface area contributed by atoms with Crippen LogP contribution in [0.2, 0.25) is 0 Å². The Morgan fingerprint density at radius 3 is 2.36 bits per heavy atom. The number of benzene rings is 1. The number of thiol groups is 1.